The molecule has 0 aliphatic heterocycles. The van der Waals surface area contributed by atoms with Crippen LogP contribution in [-0.4, -0.2) is 27.8 Å². The van der Waals surface area contributed by atoms with Gasteiger partial charge in [-0.2, -0.15) is 0 Å². The Balaban J connectivity index is 2.30. The number of rotatable bonds is 5. The maximum atomic E-state index is 13.3. The third-order valence-electron chi connectivity index (χ3n) is 4.57. The van der Waals surface area contributed by atoms with Crippen LogP contribution in [0, 0.1) is 0 Å². The highest BCUT2D eigenvalue weighted by atomic mass is 16.3. The van der Waals surface area contributed by atoms with Gasteiger partial charge in [0.2, 0.25) is 5.95 Å². The van der Waals surface area contributed by atoms with Crippen molar-refractivity contribution in [3.63, 3.8) is 0 Å². The molecule has 0 saturated carbocycles. The molecule has 0 unspecified atom stereocenters. The van der Waals surface area contributed by atoms with Gasteiger partial charge in [-0.15, -0.1) is 0 Å². The van der Waals surface area contributed by atoms with Gasteiger partial charge in [0.25, 0.3) is 5.56 Å². The molecular weight excluding hydrogens is 314 g/mol. The molecule has 0 saturated heterocycles. The summed E-state index contributed by atoms with van der Waals surface area (Å²) >= 11 is 0. The summed E-state index contributed by atoms with van der Waals surface area (Å²) in [5.41, 5.74) is 4.27. The van der Waals surface area contributed by atoms with Crippen molar-refractivity contribution < 1.29 is 5.11 Å². The van der Waals surface area contributed by atoms with Gasteiger partial charge in [-0.1, -0.05) is 50.3 Å². The second-order valence-electron chi connectivity index (χ2n) is 7.38. The van der Waals surface area contributed by atoms with E-state index in [4.69, 9.17) is 10.1 Å². The van der Waals surface area contributed by atoms with Crippen LogP contribution in [0.2, 0.25) is 0 Å². The minimum absolute atomic E-state index is 0.0257. The summed E-state index contributed by atoms with van der Waals surface area (Å²) in [6, 6.07) is 8.12. The van der Waals surface area contributed by atoms with Crippen molar-refractivity contribution in [1.29, 1.82) is 0 Å². The molecule has 1 heterocycles. The van der Waals surface area contributed by atoms with Crippen LogP contribution in [0.1, 0.15) is 31.9 Å². The number of allylic oxidation sites excluding steroid dienone is 1. The first-order valence-corrected chi connectivity index (χ1v) is 8.58. The van der Waals surface area contributed by atoms with Crippen LogP contribution in [0.5, 0.6) is 0 Å². The van der Waals surface area contributed by atoms with E-state index in [-0.39, 0.29) is 17.6 Å². The third-order valence-corrected chi connectivity index (χ3v) is 4.57. The number of aromatic nitrogens is 2. The largest absolute Gasteiger partial charge is 0.395 e. The summed E-state index contributed by atoms with van der Waals surface area (Å²) in [6.07, 6.45) is 0.809. The maximum Gasteiger partial charge on any atom is 0.259 e. The van der Waals surface area contributed by atoms with Crippen molar-refractivity contribution in [2.45, 2.75) is 39.2 Å². The maximum absolute atomic E-state index is 13.3. The fourth-order valence-corrected chi connectivity index (χ4v) is 3.55. The predicted octanol–water partition coefficient (Wildman–Crippen LogP) is 2.72. The fourth-order valence-electron chi connectivity index (χ4n) is 3.55. The molecular formula is C20H25N3O2. The van der Waals surface area contributed by atoms with E-state index in [1.807, 2.05) is 25.1 Å². The van der Waals surface area contributed by atoms with Crippen LogP contribution in [-0.2, 0) is 18.4 Å². The number of nitrogens with zero attached hydrogens (tertiary/aromatic N) is 2. The number of hydrogen-bond donors (Lipinski definition) is 2. The van der Waals surface area contributed by atoms with Crippen molar-refractivity contribution in [3.05, 3.63) is 57.9 Å². The second-order valence-corrected chi connectivity index (χ2v) is 7.38. The molecule has 3 rings (SSSR count). The molecule has 2 aromatic rings. The third kappa shape index (κ3) is 3.12. The summed E-state index contributed by atoms with van der Waals surface area (Å²) in [5, 5.41) is 12.2. The second kappa shape index (κ2) is 6.48. The molecule has 1 aromatic carbocycles. The van der Waals surface area contributed by atoms with E-state index in [0.29, 0.717) is 19.0 Å². The zero-order chi connectivity index (χ0) is 18.2. The van der Waals surface area contributed by atoms with Gasteiger partial charge in [0.15, 0.2) is 0 Å². The molecule has 2 N–H and O–H groups in total. The Bertz CT molecular complexity index is 881. The Morgan fingerprint density at radius 1 is 1.40 bits per heavy atom. The van der Waals surface area contributed by atoms with Crippen molar-refractivity contribution in [1.82, 2.24) is 9.55 Å². The Morgan fingerprint density at radius 3 is 2.80 bits per heavy atom. The van der Waals surface area contributed by atoms with E-state index in [9.17, 15) is 4.79 Å². The number of aliphatic hydroxyl groups is 1. The van der Waals surface area contributed by atoms with E-state index in [1.165, 1.54) is 5.56 Å². The summed E-state index contributed by atoms with van der Waals surface area (Å²) in [6.45, 7) is 10.7. The minimum atomic E-state index is -0.292. The van der Waals surface area contributed by atoms with Gasteiger partial charge in [0.1, 0.15) is 0 Å². The molecule has 0 amide bonds. The number of anilines is 1. The highest BCUT2D eigenvalue weighted by molar-refractivity contribution is 5.72. The van der Waals surface area contributed by atoms with E-state index in [1.54, 1.807) is 4.57 Å². The van der Waals surface area contributed by atoms with Crippen LogP contribution in [0.4, 0.5) is 5.95 Å². The van der Waals surface area contributed by atoms with Gasteiger partial charge in [-0.25, -0.2) is 4.98 Å². The number of benzene rings is 1. The molecule has 0 radical (unpaired) electrons. The molecule has 0 atom stereocenters. The molecule has 5 nitrogen and oxygen atoms in total. The highest BCUT2D eigenvalue weighted by Gasteiger charge is 2.36. The van der Waals surface area contributed by atoms with Crippen LogP contribution < -0.4 is 10.9 Å². The quantitative estimate of drug-likeness (QED) is 0.822. The molecule has 25 heavy (non-hydrogen) atoms. The summed E-state index contributed by atoms with van der Waals surface area (Å²) < 4.78 is 1.63. The monoisotopic (exact) mass is 339 g/mol. The fraction of sp³-hybridized carbons (Fsp3) is 0.400. The number of fused-ring (bicyclic) bond motifs is 3. The average molecular weight is 339 g/mol. The highest BCUT2D eigenvalue weighted by Crippen LogP contribution is 2.40. The lowest BCUT2D eigenvalue weighted by Gasteiger charge is -2.33. The first-order valence-electron chi connectivity index (χ1n) is 8.58. The van der Waals surface area contributed by atoms with Crippen LogP contribution in [0.15, 0.2) is 41.2 Å². The minimum Gasteiger partial charge on any atom is -0.395 e. The topological polar surface area (TPSA) is 67.2 Å². The van der Waals surface area contributed by atoms with Gasteiger partial charge in [0, 0.05) is 29.6 Å². The van der Waals surface area contributed by atoms with Crippen molar-refractivity contribution in [2.75, 3.05) is 18.5 Å². The predicted molar refractivity (Wildman–Crippen MR) is 101 cm³/mol. The van der Waals surface area contributed by atoms with Gasteiger partial charge in [-0.3, -0.25) is 9.36 Å². The van der Waals surface area contributed by atoms with Crippen LogP contribution in [0.3, 0.4) is 0 Å². The standard InChI is InChI=1S/C20H25N3O2/c1-13(2)12-23-18(25)16-17(22-19(23)21-9-10-24)15-8-6-5-7-14(15)11-20(16,3)4/h5-8,24H,1,9-12H2,2-4H3,(H,21,22). The Morgan fingerprint density at radius 2 is 2.12 bits per heavy atom. The summed E-state index contributed by atoms with van der Waals surface area (Å²) in [4.78, 5) is 18.1. The van der Waals surface area contributed by atoms with Crippen molar-refractivity contribution in [2.24, 2.45) is 0 Å². The van der Waals surface area contributed by atoms with Crippen molar-refractivity contribution in [3.8, 4) is 11.3 Å². The Hall–Kier alpha value is -2.40. The normalized spacial score (nSPS) is 14.6. The molecule has 1 aliphatic carbocycles. The van der Waals surface area contributed by atoms with Crippen molar-refractivity contribution >= 4 is 5.95 Å². The van der Waals surface area contributed by atoms with E-state index < -0.39 is 0 Å². The molecule has 0 spiro atoms. The SMILES string of the molecule is C=C(C)Cn1c(NCCO)nc2c(c1=O)C(C)(C)Cc1ccccc1-2. The van der Waals surface area contributed by atoms with Gasteiger partial charge in [-0.05, 0) is 18.9 Å². The number of hydrogen-bond acceptors (Lipinski definition) is 4. The lowest BCUT2D eigenvalue weighted by atomic mass is 9.72. The molecule has 5 heteroatoms. The molecule has 0 fully saturated rings. The number of nitrogens with one attached hydrogen (secondary N) is 1. The van der Waals surface area contributed by atoms with E-state index in [0.717, 1.165) is 28.8 Å². The van der Waals surface area contributed by atoms with Gasteiger partial charge in [0.05, 0.1) is 12.3 Å². The Labute approximate surface area is 148 Å². The van der Waals surface area contributed by atoms with Crippen LogP contribution >= 0.6 is 0 Å². The van der Waals surface area contributed by atoms with Gasteiger partial charge < -0.3 is 10.4 Å². The number of aliphatic hydroxyl groups excluding tert-OH is 1. The van der Waals surface area contributed by atoms with Gasteiger partial charge >= 0.3 is 0 Å². The summed E-state index contributed by atoms with van der Waals surface area (Å²) in [5.74, 6) is 0.480. The smallest absolute Gasteiger partial charge is 0.259 e. The first kappa shape index (κ1) is 17.4. The van der Waals surface area contributed by atoms with Crippen LogP contribution in [0.25, 0.3) is 11.3 Å². The summed E-state index contributed by atoms with van der Waals surface area (Å²) in [7, 11) is 0. The lowest BCUT2D eigenvalue weighted by Crippen LogP contribution is -2.39. The average Bonchev–Trinajstić information content (AvgIpc) is 2.54. The first-order chi connectivity index (χ1) is 11.8. The molecule has 1 aromatic heterocycles. The molecule has 132 valence electrons. The molecule has 1 aliphatic rings. The zero-order valence-electron chi connectivity index (χ0n) is 15.1. The van der Waals surface area contributed by atoms with E-state index >= 15 is 0 Å². The molecule has 0 bridgehead atoms. The van der Waals surface area contributed by atoms with E-state index in [2.05, 4.69) is 31.8 Å². The Kier molecular flexibility index (Phi) is 4.52. The zero-order valence-corrected chi connectivity index (χ0v) is 15.1. The lowest BCUT2D eigenvalue weighted by molar-refractivity contribution is 0.310.